The SMILES string of the molecule is O=S(=O)(c1ccccc1CNc1ncnc2ccsc12)N1CCOCC1. The zero-order valence-electron chi connectivity index (χ0n) is 14.0. The van der Waals surface area contributed by atoms with Crippen molar-refractivity contribution in [2.24, 2.45) is 0 Å². The molecular formula is C17H18N4O3S2. The van der Waals surface area contributed by atoms with E-state index in [4.69, 9.17) is 4.74 Å². The fraction of sp³-hybridized carbons (Fsp3) is 0.294. The van der Waals surface area contributed by atoms with E-state index >= 15 is 0 Å². The van der Waals surface area contributed by atoms with Crippen LogP contribution in [0.3, 0.4) is 0 Å². The molecule has 0 spiro atoms. The van der Waals surface area contributed by atoms with Gasteiger partial charge in [-0.3, -0.25) is 0 Å². The van der Waals surface area contributed by atoms with E-state index < -0.39 is 10.0 Å². The molecule has 3 aromatic rings. The van der Waals surface area contributed by atoms with Crippen molar-refractivity contribution in [2.45, 2.75) is 11.4 Å². The molecule has 0 radical (unpaired) electrons. The van der Waals surface area contributed by atoms with Gasteiger partial charge in [-0.2, -0.15) is 4.31 Å². The number of aromatic nitrogens is 2. The van der Waals surface area contributed by atoms with Crippen LogP contribution in [0.25, 0.3) is 10.2 Å². The number of thiophene rings is 1. The summed E-state index contributed by atoms with van der Waals surface area (Å²) in [4.78, 5) is 8.83. The van der Waals surface area contributed by atoms with Crippen molar-refractivity contribution in [3.63, 3.8) is 0 Å². The second-order valence-electron chi connectivity index (χ2n) is 5.83. The molecule has 1 aliphatic rings. The second kappa shape index (κ2) is 7.28. The molecule has 1 aromatic carbocycles. The van der Waals surface area contributed by atoms with Gasteiger partial charge in [0, 0.05) is 19.6 Å². The van der Waals surface area contributed by atoms with Gasteiger partial charge in [0.15, 0.2) is 0 Å². The Kier molecular flexibility index (Phi) is 4.86. The maximum atomic E-state index is 13.0. The average molecular weight is 390 g/mol. The predicted octanol–water partition coefficient (Wildman–Crippen LogP) is 2.32. The molecule has 0 aliphatic carbocycles. The Hall–Kier alpha value is -2.07. The number of nitrogens with one attached hydrogen (secondary N) is 1. The summed E-state index contributed by atoms with van der Waals surface area (Å²) in [7, 11) is -3.55. The van der Waals surface area contributed by atoms with Crippen LogP contribution in [0.2, 0.25) is 0 Å². The molecule has 1 fully saturated rings. The number of rotatable bonds is 5. The Balaban J connectivity index is 1.61. The van der Waals surface area contributed by atoms with Crippen molar-refractivity contribution >= 4 is 37.4 Å². The third kappa shape index (κ3) is 3.30. The topological polar surface area (TPSA) is 84.4 Å². The first kappa shape index (κ1) is 17.3. The first-order valence-electron chi connectivity index (χ1n) is 8.24. The summed E-state index contributed by atoms with van der Waals surface area (Å²) in [6, 6.07) is 9.01. The number of anilines is 1. The molecule has 0 bridgehead atoms. The van der Waals surface area contributed by atoms with Crippen molar-refractivity contribution in [1.82, 2.24) is 14.3 Å². The number of nitrogens with zero attached hydrogens (tertiary/aromatic N) is 3. The van der Waals surface area contributed by atoms with Crippen molar-refractivity contribution < 1.29 is 13.2 Å². The number of hydrogen-bond acceptors (Lipinski definition) is 7. The minimum Gasteiger partial charge on any atom is -0.379 e. The van der Waals surface area contributed by atoms with Gasteiger partial charge >= 0.3 is 0 Å². The molecule has 1 aliphatic heterocycles. The molecule has 0 unspecified atom stereocenters. The number of ether oxygens (including phenoxy) is 1. The van der Waals surface area contributed by atoms with Gasteiger partial charge in [-0.25, -0.2) is 18.4 Å². The van der Waals surface area contributed by atoms with Crippen LogP contribution >= 0.6 is 11.3 Å². The van der Waals surface area contributed by atoms with Crippen LogP contribution in [0.15, 0.2) is 46.9 Å². The van der Waals surface area contributed by atoms with E-state index in [-0.39, 0.29) is 0 Å². The van der Waals surface area contributed by atoms with Crippen LogP contribution < -0.4 is 5.32 Å². The van der Waals surface area contributed by atoms with Crippen LogP contribution in [-0.2, 0) is 21.3 Å². The average Bonchev–Trinajstić information content (AvgIpc) is 3.17. The molecule has 0 amide bonds. The van der Waals surface area contributed by atoms with E-state index in [0.29, 0.717) is 49.1 Å². The van der Waals surface area contributed by atoms with Gasteiger partial charge in [-0.1, -0.05) is 18.2 Å². The van der Waals surface area contributed by atoms with Crippen LogP contribution in [-0.4, -0.2) is 49.0 Å². The van der Waals surface area contributed by atoms with Crippen LogP contribution in [0.5, 0.6) is 0 Å². The van der Waals surface area contributed by atoms with Crippen molar-refractivity contribution in [3.8, 4) is 0 Å². The Morgan fingerprint density at radius 2 is 1.96 bits per heavy atom. The molecule has 3 heterocycles. The summed E-state index contributed by atoms with van der Waals surface area (Å²) in [6.07, 6.45) is 1.51. The first-order valence-corrected chi connectivity index (χ1v) is 10.6. The van der Waals surface area contributed by atoms with E-state index in [0.717, 1.165) is 10.2 Å². The fourth-order valence-electron chi connectivity index (χ4n) is 2.92. The number of fused-ring (bicyclic) bond motifs is 1. The summed E-state index contributed by atoms with van der Waals surface area (Å²) >= 11 is 1.55. The van der Waals surface area contributed by atoms with Gasteiger partial charge in [0.1, 0.15) is 12.1 Å². The molecule has 1 N–H and O–H groups in total. The Bertz CT molecular complexity index is 1010. The minimum absolute atomic E-state index is 0.325. The van der Waals surface area contributed by atoms with Crippen molar-refractivity contribution in [1.29, 1.82) is 0 Å². The summed E-state index contributed by atoms with van der Waals surface area (Å²) in [5.41, 5.74) is 1.59. The summed E-state index contributed by atoms with van der Waals surface area (Å²) in [5, 5.41) is 5.22. The highest BCUT2D eigenvalue weighted by atomic mass is 32.2. The third-order valence-corrected chi connectivity index (χ3v) is 7.16. The summed E-state index contributed by atoms with van der Waals surface area (Å²) in [5.74, 6) is 0.712. The lowest BCUT2D eigenvalue weighted by Crippen LogP contribution is -2.41. The van der Waals surface area contributed by atoms with Crippen molar-refractivity contribution in [2.75, 3.05) is 31.6 Å². The summed E-state index contributed by atoms with van der Waals surface area (Å²) in [6.45, 7) is 1.98. The first-order chi connectivity index (χ1) is 12.7. The van der Waals surface area contributed by atoms with Crippen LogP contribution in [0.1, 0.15) is 5.56 Å². The maximum absolute atomic E-state index is 13.0. The zero-order valence-corrected chi connectivity index (χ0v) is 15.6. The van der Waals surface area contributed by atoms with E-state index in [1.165, 1.54) is 10.6 Å². The van der Waals surface area contributed by atoms with Gasteiger partial charge in [-0.05, 0) is 23.1 Å². The van der Waals surface area contributed by atoms with Crippen LogP contribution in [0, 0.1) is 0 Å². The molecule has 9 heteroatoms. The van der Waals surface area contributed by atoms with E-state index in [1.807, 2.05) is 23.6 Å². The lowest BCUT2D eigenvalue weighted by Gasteiger charge is -2.27. The van der Waals surface area contributed by atoms with E-state index in [9.17, 15) is 8.42 Å². The van der Waals surface area contributed by atoms with Gasteiger partial charge in [0.2, 0.25) is 10.0 Å². The Morgan fingerprint density at radius 3 is 2.81 bits per heavy atom. The molecule has 0 atom stereocenters. The highest BCUT2D eigenvalue weighted by Gasteiger charge is 2.28. The number of sulfonamides is 1. The highest BCUT2D eigenvalue weighted by molar-refractivity contribution is 7.89. The minimum atomic E-state index is -3.55. The standard InChI is InChI=1S/C17H18N4O3S2/c22-26(23,21-6-8-24-9-7-21)15-4-2-1-3-13(15)11-18-17-16-14(5-10-25-16)19-12-20-17/h1-5,10,12H,6-9,11H2,(H,18,19,20). The van der Waals surface area contributed by atoms with Crippen LogP contribution in [0.4, 0.5) is 5.82 Å². The number of benzene rings is 1. The summed E-state index contributed by atoms with van der Waals surface area (Å²) < 4.78 is 33.7. The van der Waals surface area contributed by atoms with Crippen molar-refractivity contribution in [3.05, 3.63) is 47.6 Å². The van der Waals surface area contributed by atoms with Gasteiger partial charge in [0.25, 0.3) is 0 Å². The molecule has 0 saturated carbocycles. The lowest BCUT2D eigenvalue weighted by molar-refractivity contribution is 0.0730. The molecule has 4 rings (SSSR count). The van der Waals surface area contributed by atoms with Gasteiger partial charge in [-0.15, -0.1) is 11.3 Å². The zero-order chi connectivity index (χ0) is 18.0. The fourth-order valence-corrected chi connectivity index (χ4v) is 5.36. The van der Waals surface area contributed by atoms with E-state index in [1.54, 1.807) is 23.5 Å². The normalized spacial score (nSPS) is 16.0. The molecule has 26 heavy (non-hydrogen) atoms. The molecule has 1 saturated heterocycles. The largest absolute Gasteiger partial charge is 0.379 e. The lowest BCUT2D eigenvalue weighted by atomic mass is 10.2. The van der Waals surface area contributed by atoms with E-state index in [2.05, 4.69) is 15.3 Å². The molecule has 136 valence electrons. The van der Waals surface area contributed by atoms with Gasteiger partial charge in [0.05, 0.1) is 28.3 Å². The highest BCUT2D eigenvalue weighted by Crippen LogP contribution is 2.26. The maximum Gasteiger partial charge on any atom is 0.243 e. The van der Waals surface area contributed by atoms with Gasteiger partial charge < -0.3 is 10.1 Å². The second-order valence-corrected chi connectivity index (χ2v) is 8.66. The number of hydrogen-bond donors (Lipinski definition) is 1. The monoisotopic (exact) mass is 390 g/mol. The Labute approximate surface area is 155 Å². The number of morpholine rings is 1. The Morgan fingerprint density at radius 1 is 1.15 bits per heavy atom. The third-order valence-electron chi connectivity index (χ3n) is 4.25. The molecule has 2 aromatic heterocycles. The molecular weight excluding hydrogens is 372 g/mol. The quantitative estimate of drug-likeness (QED) is 0.720. The molecule has 7 nitrogen and oxygen atoms in total. The predicted molar refractivity (Wildman–Crippen MR) is 101 cm³/mol. The smallest absolute Gasteiger partial charge is 0.243 e.